The summed E-state index contributed by atoms with van der Waals surface area (Å²) < 4.78 is 51.4. The molecule has 1 atom stereocenters. The molecule has 0 unspecified atom stereocenters. The average Bonchev–Trinajstić information content (AvgIpc) is 2.98. The second-order valence-electron chi connectivity index (χ2n) is 5.95. The van der Waals surface area contributed by atoms with Gasteiger partial charge in [0.1, 0.15) is 5.82 Å². The molecule has 1 aliphatic heterocycles. The predicted octanol–water partition coefficient (Wildman–Crippen LogP) is 3.84. The lowest BCUT2D eigenvalue weighted by Gasteiger charge is -2.18. The lowest BCUT2D eigenvalue weighted by atomic mass is 10.1. The zero-order valence-corrected chi connectivity index (χ0v) is 13.4. The van der Waals surface area contributed by atoms with Gasteiger partial charge >= 0.3 is 6.18 Å². The Morgan fingerprint density at radius 2 is 1.81 bits per heavy atom. The number of carbonyl (C=O) groups excluding carboxylic acids is 2. The molecule has 0 aromatic heterocycles. The van der Waals surface area contributed by atoms with Crippen molar-refractivity contribution in [3.8, 4) is 0 Å². The smallest absolute Gasteiger partial charge is 0.326 e. The first kappa shape index (κ1) is 17.9. The summed E-state index contributed by atoms with van der Waals surface area (Å²) >= 11 is 0. The van der Waals surface area contributed by atoms with Gasteiger partial charge in [0.2, 0.25) is 11.8 Å². The van der Waals surface area contributed by atoms with Crippen LogP contribution in [-0.2, 0) is 15.8 Å². The fourth-order valence-electron chi connectivity index (χ4n) is 2.76. The number of hydrogen-bond donors (Lipinski definition) is 1. The molecule has 0 aliphatic carbocycles. The summed E-state index contributed by atoms with van der Waals surface area (Å²) in [5.74, 6) is -2.03. The van der Waals surface area contributed by atoms with Crippen LogP contribution in [0.25, 0.3) is 0 Å². The van der Waals surface area contributed by atoms with E-state index in [2.05, 4.69) is 5.32 Å². The molecule has 1 heterocycles. The van der Waals surface area contributed by atoms with E-state index in [1.165, 1.54) is 41.3 Å². The molecular weight excluding hydrogens is 352 g/mol. The van der Waals surface area contributed by atoms with Gasteiger partial charge in [-0.15, -0.1) is 0 Å². The Labute approximate surface area is 146 Å². The van der Waals surface area contributed by atoms with Crippen molar-refractivity contribution < 1.29 is 27.2 Å². The number of alkyl halides is 3. The minimum atomic E-state index is -4.52. The molecule has 4 nitrogen and oxygen atoms in total. The van der Waals surface area contributed by atoms with Crippen LogP contribution in [0.4, 0.5) is 28.9 Å². The molecule has 2 aromatic carbocycles. The van der Waals surface area contributed by atoms with Crippen molar-refractivity contribution >= 4 is 23.2 Å². The van der Waals surface area contributed by atoms with Gasteiger partial charge in [-0.2, -0.15) is 13.2 Å². The largest absolute Gasteiger partial charge is 0.416 e. The Morgan fingerprint density at radius 3 is 2.46 bits per heavy atom. The Balaban J connectivity index is 1.72. The summed E-state index contributed by atoms with van der Waals surface area (Å²) in [6, 6.07) is 9.56. The van der Waals surface area contributed by atoms with Crippen molar-refractivity contribution in [2.75, 3.05) is 16.8 Å². The Morgan fingerprint density at radius 1 is 1.12 bits per heavy atom. The van der Waals surface area contributed by atoms with Crippen molar-refractivity contribution in [1.82, 2.24) is 0 Å². The van der Waals surface area contributed by atoms with E-state index in [-0.39, 0.29) is 18.7 Å². The van der Waals surface area contributed by atoms with Crippen LogP contribution in [0, 0.1) is 11.7 Å². The number of nitrogens with zero attached hydrogens (tertiary/aromatic N) is 1. The lowest BCUT2D eigenvalue weighted by molar-refractivity contribution is -0.137. The molecule has 2 amide bonds. The Kier molecular flexibility index (Phi) is 4.67. The third-order valence-electron chi connectivity index (χ3n) is 4.09. The Hall–Kier alpha value is -2.90. The second-order valence-corrected chi connectivity index (χ2v) is 5.95. The molecule has 1 aliphatic rings. The summed E-state index contributed by atoms with van der Waals surface area (Å²) in [6.45, 7) is -0.0207. The van der Waals surface area contributed by atoms with Crippen molar-refractivity contribution in [2.45, 2.75) is 12.6 Å². The number of hydrogen-bond acceptors (Lipinski definition) is 2. The summed E-state index contributed by atoms with van der Waals surface area (Å²) in [4.78, 5) is 25.6. The van der Waals surface area contributed by atoms with Gasteiger partial charge in [-0.3, -0.25) is 9.59 Å². The second kappa shape index (κ2) is 6.78. The first-order valence-corrected chi connectivity index (χ1v) is 7.78. The van der Waals surface area contributed by atoms with Crippen LogP contribution in [0.3, 0.4) is 0 Å². The van der Waals surface area contributed by atoms with Crippen molar-refractivity contribution in [2.24, 2.45) is 5.92 Å². The van der Waals surface area contributed by atoms with E-state index in [9.17, 15) is 27.2 Å². The number of benzene rings is 2. The van der Waals surface area contributed by atoms with E-state index in [1.54, 1.807) is 0 Å². The SMILES string of the molecule is O=C(Nc1ccc(F)cc1)[C@H]1CC(=O)N(c2cccc(C(F)(F)F)c2)C1. The van der Waals surface area contributed by atoms with E-state index in [1.807, 2.05) is 0 Å². The first-order chi connectivity index (χ1) is 12.2. The van der Waals surface area contributed by atoms with Crippen LogP contribution in [0.1, 0.15) is 12.0 Å². The highest BCUT2D eigenvalue weighted by molar-refractivity contribution is 6.03. The maximum atomic E-state index is 12.9. The molecule has 2 aromatic rings. The van der Waals surface area contributed by atoms with Gasteiger partial charge in [-0.25, -0.2) is 4.39 Å². The molecule has 0 spiro atoms. The molecule has 3 rings (SSSR count). The average molecular weight is 366 g/mol. The molecule has 1 N–H and O–H groups in total. The zero-order valence-electron chi connectivity index (χ0n) is 13.4. The van der Waals surface area contributed by atoms with Gasteiger partial charge in [0.15, 0.2) is 0 Å². The molecule has 8 heteroatoms. The highest BCUT2D eigenvalue weighted by Crippen LogP contribution is 2.33. The van der Waals surface area contributed by atoms with Gasteiger partial charge in [0.25, 0.3) is 0 Å². The van der Waals surface area contributed by atoms with E-state index in [4.69, 9.17) is 0 Å². The molecule has 0 bridgehead atoms. The molecule has 26 heavy (non-hydrogen) atoms. The van der Waals surface area contributed by atoms with Crippen LogP contribution in [0.15, 0.2) is 48.5 Å². The van der Waals surface area contributed by atoms with E-state index in [0.29, 0.717) is 5.69 Å². The van der Waals surface area contributed by atoms with Crippen LogP contribution >= 0.6 is 0 Å². The monoisotopic (exact) mass is 366 g/mol. The summed E-state index contributed by atoms with van der Waals surface area (Å²) in [7, 11) is 0. The fourth-order valence-corrected chi connectivity index (χ4v) is 2.76. The standard InChI is InChI=1S/C18H14F4N2O2/c19-13-4-6-14(7-5-13)23-17(26)11-8-16(25)24(10-11)15-3-1-2-12(9-15)18(20,21)22/h1-7,9,11H,8,10H2,(H,23,26)/t11-/m0/s1. The number of carbonyl (C=O) groups is 2. The first-order valence-electron chi connectivity index (χ1n) is 7.78. The molecule has 0 saturated carbocycles. The topological polar surface area (TPSA) is 49.4 Å². The fraction of sp³-hybridized carbons (Fsp3) is 0.222. The molecular formula is C18H14F4N2O2. The quantitative estimate of drug-likeness (QED) is 0.840. The number of anilines is 2. The minimum Gasteiger partial charge on any atom is -0.326 e. The van der Waals surface area contributed by atoms with Crippen molar-refractivity contribution in [1.29, 1.82) is 0 Å². The molecule has 136 valence electrons. The number of halogens is 4. The molecule has 1 fully saturated rings. The maximum Gasteiger partial charge on any atom is 0.416 e. The maximum absolute atomic E-state index is 12.9. The molecule has 0 radical (unpaired) electrons. The van der Waals surface area contributed by atoms with Crippen LogP contribution < -0.4 is 10.2 Å². The molecule has 1 saturated heterocycles. The number of nitrogens with one attached hydrogen (secondary N) is 1. The van der Waals surface area contributed by atoms with Crippen LogP contribution in [0.5, 0.6) is 0 Å². The van der Waals surface area contributed by atoms with E-state index < -0.39 is 35.3 Å². The minimum absolute atomic E-state index is 0.0207. The third-order valence-corrected chi connectivity index (χ3v) is 4.09. The van der Waals surface area contributed by atoms with Gasteiger partial charge in [-0.1, -0.05) is 6.07 Å². The zero-order chi connectivity index (χ0) is 18.9. The summed E-state index contributed by atoms with van der Waals surface area (Å²) in [6.07, 6.45) is -4.62. The lowest BCUT2D eigenvalue weighted by Crippen LogP contribution is -2.28. The van der Waals surface area contributed by atoms with Crippen LogP contribution in [0.2, 0.25) is 0 Å². The van der Waals surface area contributed by atoms with Crippen molar-refractivity contribution in [3.05, 3.63) is 59.9 Å². The highest BCUT2D eigenvalue weighted by atomic mass is 19.4. The van der Waals surface area contributed by atoms with Gasteiger partial charge in [-0.05, 0) is 42.5 Å². The highest BCUT2D eigenvalue weighted by Gasteiger charge is 2.36. The van der Waals surface area contributed by atoms with Gasteiger partial charge in [0.05, 0.1) is 11.5 Å². The number of rotatable bonds is 3. The third kappa shape index (κ3) is 3.84. The summed E-state index contributed by atoms with van der Waals surface area (Å²) in [5.41, 5.74) is -0.384. The number of amides is 2. The normalized spacial score (nSPS) is 17.5. The van der Waals surface area contributed by atoms with Crippen molar-refractivity contribution in [3.63, 3.8) is 0 Å². The summed E-state index contributed by atoms with van der Waals surface area (Å²) in [5, 5.41) is 2.57. The Bertz CT molecular complexity index is 834. The van der Waals surface area contributed by atoms with Gasteiger partial charge < -0.3 is 10.2 Å². The predicted molar refractivity (Wildman–Crippen MR) is 86.9 cm³/mol. The van der Waals surface area contributed by atoms with Crippen LogP contribution in [-0.4, -0.2) is 18.4 Å². The van der Waals surface area contributed by atoms with E-state index in [0.717, 1.165) is 12.1 Å². The van der Waals surface area contributed by atoms with E-state index >= 15 is 0 Å². The van der Waals surface area contributed by atoms with Gasteiger partial charge in [0, 0.05) is 24.3 Å².